The zero-order valence-electron chi connectivity index (χ0n) is 17.8. The highest BCUT2D eigenvalue weighted by Gasteiger charge is 2.42. The molecule has 5 aromatic rings. The van der Waals surface area contributed by atoms with Gasteiger partial charge in [0.05, 0.1) is 11.8 Å². The first kappa shape index (κ1) is 23.2. The number of benzene rings is 3. The zero-order valence-corrected chi connectivity index (χ0v) is 19.3. The first-order chi connectivity index (χ1) is 16.7. The van der Waals surface area contributed by atoms with Crippen LogP contribution in [0.4, 0.5) is 13.2 Å². The SMILES string of the molecule is O=C(c1cnc(-c2ccccc2)o1)c1c(C(F)(F)F)n(Cc2ccc(Cl)cc2)c2ccc(Cl)cc12. The van der Waals surface area contributed by atoms with Crippen LogP contribution < -0.4 is 0 Å². The van der Waals surface area contributed by atoms with Gasteiger partial charge in [0.1, 0.15) is 5.69 Å². The van der Waals surface area contributed by atoms with Gasteiger partial charge in [-0.15, -0.1) is 0 Å². The molecule has 2 aromatic heterocycles. The molecule has 0 radical (unpaired) electrons. The number of oxazole rings is 1. The summed E-state index contributed by atoms with van der Waals surface area (Å²) in [7, 11) is 0. The summed E-state index contributed by atoms with van der Waals surface area (Å²) < 4.78 is 50.1. The summed E-state index contributed by atoms with van der Waals surface area (Å²) in [5.41, 5.74) is -0.248. The third-order valence-corrected chi connectivity index (χ3v) is 6.01. The van der Waals surface area contributed by atoms with Crippen molar-refractivity contribution in [3.05, 3.63) is 112 Å². The molecule has 0 saturated heterocycles. The maximum absolute atomic E-state index is 14.5. The summed E-state index contributed by atoms with van der Waals surface area (Å²) in [6.45, 7) is -0.136. The summed E-state index contributed by atoms with van der Waals surface area (Å²) >= 11 is 12.1. The third-order valence-electron chi connectivity index (χ3n) is 5.53. The van der Waals surface area contributed by atoms with E-state index in [1.54, 1.807) is 54.6 Å². The Bertz CT molecular complexity index is 1540. The van der Waals surface area contributed by atoms with Gasteiger partial charge < -0.3 is 8.98 Å². The lowest BCUT2D eigenvalue weighted by Gasteiger charge is -2.14. The van der Waals surface area contributed by atoms with E-state index < -0.39 is 23.2 Å². The predicted molar refractivity (Wildman–Crippen MR) is 128 cm³/mol. The third kappa shape index (κ3) is 4.45. The molecule has 0 aliphatic carbocycles. The van der Waals surface area contributed by atoms with Crippen LogP contribution in [0.15, 0.2) is 83.4 Å². The number of hydrogen-bond donors (Lipinski definition) is 0. The van der Waals surface area contributed by atoms with Crippen LogP contribution in [-0.4, -0.2) is 15.3 Å². The molecule has 0 atom stereocenters. The van der Waals surface area contributed by atoms with Crippen molar-refractivity contribution in [2.45, 2.75) is 12.7 Å². The Hall–Kier alpha value is -3.55. The van der Waals surface area contributed by atoms with E-state index in [1.165, 1.54) is 18.2 Å². The maximum Gasteiger partial charge on any atom is 0.432 e. The van der Waals surface area contributed by atoms with Crippen LogP contribution in [0.25, 0.3) is 22.4 Å². The highest BCUT2D eigenvalue weighted by molar-refractivity contribution is 6.32. The van der Waals surface area contributed by atoms with Crippen LogP contribution in [0.3, 0.4) is 0 Å². The highest BCUT2D eigenvalue weighted by Crippen LogP contribution is 2.41. The minimum atomic E-state index is -4.84. The molecule has 4 nitrogen and oxygen atoms in total. The van der Waals surface area contributed by atoms with Gasteiger partial charge in [-0.25, -0.2) is 4.98 Å². The number of rotatable bonds is 5. The molecule has 0 aliphatic heterocycles. The molecule has 35 heavy (non-hydrogen) atoms. The molecule has 0 bridgehead atoms. The summed E-state index contributed by atoms with van der Waals surface area (Å²) in [5.74, 6) is -1.11. The van der Waals surface area contributed by atoms with Crippen LogP contribution in [0.1, 0.15) is 27.4 Å². The Morgan fingerprint density at radius 3 is 2.31 bits per heavy atom. The van der Waals surface area contributed by atoms with Crippen molar-refractivity contribution in [1.82, 2.24) is 9.55 Å². The van der Waals surface area contributed by atoms with Gasteiger partial charge in [0.2, 0.25) is 11.7 Å². The van der Waals surface area contributed by atoms with Crippen molar-refractivity contribution in [1.29, 1.82) is 0 Å². The van der Waals surface area contributed by atoms with Crippen molar-refractivity contribution in [3.63, 3.8) is 0 Å². The van der Waals surface area contributed by atoms with Crippen LogP contribution in [-0.2, 0) is 12.7 Å². The molecule has 9 heteroatoms. The number of carbonyl (C=O) groups excluding carboxylic acids is 1. The first-order valence-electron chi connectivity index (χ1n) is 10.4. The summed E-state index contributed by atoms with van der Waals surface area (Å²) in [6, 6.07) is 19.5. The smallest absolute Gasteiger partial charge is 0.432 e. The van der Waals surface area contributed by atoms with Gasteiger partial charge in [-0.05, 0) is 48.0 Å². The van der Waals surface area contributed by atoms with E-state index in [4.69, 9.17) is 27.6 Å². The second-order valence-electron chi connectivity index (χ2n) is 7.82. The summed E-state index contributed by atoms with van der Waals surface area (Å²) in [5, 5.41) is 0.734. The van der Waals surface area contributed by atoms with Crippen LogP contribution in [0.2, 0.25) is 10.0 Å². The van der Waals surface area contributed by atoms with Crippen molar-refractivity contribution in [2.24, 2.45) is 0 Å². The van der Waals surface area contributed by atoms with E-state index >= 15 is 0 Å². The first-order valence-corrected chi connectivity index (χ1v) is 11.2. The molecule has 176 valence electrons. The molecular weight excluding hydrogens is 500 g/mol. The van der Waals surface area contributed by atoms with E-state index in [2.05, 4.69) is 4.98 Å². The predicted octanol–water partition coefficient (Wildman–Crippen LogP) is 7.90. The average Bonchev–Trinajstić information content (AvgIpc) is 3.44. The van der Waals surface area contributed by atoms with Gasteiger partial charge in [-0.1, -0.05) is 53.5 Å². The molecule has 0 amide bonds. The van der Waals surface area contributed by atoms with Crippen molar-refractivity contribution in [2.75, 3.05) is 0 Å². The molecular formula is C26H15Cl2F3N2O2. The second-order valence-corrected chi connectivity index (χ2v) is 8.69. The Morgan fingerprint density at radius 2 is 1.63 bits per heavy atom. The van der Waals surface area contributed by atoms with Gasteiger partial charge in [-0.3, -0.25) is 4.79 Å². The molecule has 0 N–H and O–H groups in total. The average molecular weight is 515 g/mol. The minimum absolute atomic E-state index is 0.0708. The number of fused-ring (bicyclic) bond motifs is 1. The largest absolute Gasteiger partial charge is 0.433 e. The molecule has 0 spiro atoms. The van der Waals surface area contributed by atoms with E-state index in [-0.39, 0.29) is 34.1 Å². The van der Waals surface area contributed by atoms with Crippen molar-refractivity contribution >= 4 is 39.9 Å². The monoisotopic (exact) mass is 514 g/mol. The quantitative estimate of drug-likeness (QED) is 0.224. The number of ketones is 1. The lowest BCUT2D eigenvalue weighted by molar-refractivity contribution is -0.143. The molecule has 0 unspecified atom stereocenters. The van der Waals surface area contributed by atoms with Crippen molar-refractivity contribution < 1.29 is 22.4 Å². The number of aromatic nitrogens is 2. The Balaban J connectivity index is 1.70. The molecule has 3 aromatic carbocycles. The molecule has 5 rings (SSSR count). The number of nitrogens with zero attached hydrogens (tertiary/aromatic N) is 2. The van der Waals surface area contributed by atoms with E-state index in [9.17, 15) is 18.0 Å². The summed E-state index contributed by atoms with van der Waals surface area (Å²) in [4.78, 5) is 17.6. The van der Waals surface area contributed by atoms with E-state index in [0.717, 1.165) is 10.8 Å². The topological polar surface area (TPSA) is 48.0 Å². The number of carbonyl (C=O) groups is 1. The van der Waals surface area contributed by atoms with Crippen LogP contribution in [0, 0.1) is 0 Å². The Labute approximate surface area is 207 Å². The maximum atomic E-state index is 14.5. The number of hydrogen-bond acceptors (Lipinski definition) is 3. The molecule has 0 saturated carbocycles. The highest BCUT2D eigenvalue weighted by atomic mass is 35.5. The van der Waals surface area contributed by atoms with Gasteiger partial charge in [0.25, 0.3) is 0 Å². The fourth-order valence-corrected chi connectivity index (χ4v) is 4.30. The van der Waals surface area contributed by atoms with Gasteiger partial charge in [0, 0.05) is 33.1 Å². The fourth-order valence-electron chi connectivity index (χ4n) is 4.00. The molecule has 0 aliphatic rings. The van der Waals surface area contributed by atoms with Gasteiger partial charge in [0.15, 0.2) is 5.76 Å². The van der Waals surface area contributed by atoms with Crippen molar-refractivity contribution in [3.8, 4) is 11.5 Å². The standard InChI is InChI=1S/C26H15Cl2F3N2O2/c27-17-8-6-15(7-9-17)14-33-20-11-10-18(28)12-19(20)22(24(33)26(29,30)31)23(34)21-13-32-25(35-21)16-4-2-1-3-5-16/h1-13H,14H2. The zero-order chi connectivity index (χ0) is 24.7. The number of alkyl halides is 3. The molecule has 0 fully saturated rings. The second kappa shape index (κ2) is 8.91. The lowest BCUT2D eigenvalue weighted by Crippen LogP contribution is -2.18. The lowest BCUT2D eigenvalue weighted by atomic mass is 10.0. The molecule has 2 heterocycles. The number of halogens is 5. The summed E-state index contributed by atoms with van der Waals surface area (Å²) in [6.07, 6.45) is -3.71. The van der Waals surface area contributed by atoms with Crippen LogP contribution >= 0.6 is 23.2 Å². The van der Waals surface area contributed by atoms with Crippen LogP contribution in [0.5, 0.6) is 0 Å². The van der Waals surface area contributed by atoms with Gasteiger partial charge in [-0.2, -0.15) is 13.2 Å². The van der Waals surface area contributed by atoms with E-state index in [1.807, 2.05) is 0 Å². The van der Waals surface area contributed by atoms with Gasteiger partial charge >= 0.3 is 6.18 Å². The minimum Gasteiger partial charge on any atom is -0.433 e. The fraction of sp³-hybridized carbons (Fsp3) is 0.0769. The Kier molecular flexibility index (Phi) is 5.91. The normalized spacial score (nSPS) is 11.8. The van der Waals surface area contributed by atoms with E-state index in [0.29, 0.717) is 16.1 Å². The Morgan fingerprint density at radius 1 is 0.943 bits per heavy atom.